The van der Waals surface area contributed by atoms with Gasteiger partial charge in [-0.1, -0.05) is 59.6 Å². The maximum absolute atomic E-state index is 9.34. The van der Waals surface area contributed by atoms with Gasteiger partial charge < -0.3 is 30.0 Å². The molecule has 310 valence electrons. The van der Waals surface area contributed by atoms with E-state index in [0.717, 1.165) is 85.9 Å². The molecule has 2 aromatic heterocycles. The van der Waals surface area contributed by atoms with Crippen LogP contribution < -0.4 is 30.0 Å². The Morgan fingerprint density at radius 3 is 1.82 bits per heavy atom. The number of aromatic nitrogens is 2. The number of benzene rings is 4. The summed E-state index contributed by atoms with van der Waals surface area (Å²) in [7, 11) is 0. The van der Waals surface area contributed by atoms with Crippen LogP contribution in [0, 0.1) is 31.1 Å². The number of nitrogens with two attached hydrogens (primary N) is 1. The van der Waals surface area contributed by atoms with Crippen molar-refractivity contribution < 1.29 is 18.9 Å². The fourth-order valence-corrected chi connectivity index (χ4v) is 7.62. The Morgan fingerprint density at radius 2 is 1.25 bits per heavy atom. The topological polar surface area (TPSA) is 137 Å². The third-order valence-corrected chi connectivity index (χ3v) is 11.6. The standard InChI is InChI=1S/C49H46Cl2N6O4/c1-30-36(28-60-48-15-46(38(18-53)13-43(48)50)58-27-35-12-39(23-56-22-35)45-25-57-45)5-3-7-41(30)42-8-4-6-37(31(42)2)29-61-49-16-47(59-26-34-11-33(17-52)20-54-21-34)40(14-44(49)51)24-55-19-32-9-10-32/h3-8,11-16,20-23,32,55H,9-10,18-19,24-29,53H2,1-2H3. The molecule has 0 amide bonds. The van der Waals surface area contributed by atoms with E-state index in [1.807, 2.05) is 42.6 Å². The summed E-state index contributed by atoms with van der Waals surface area (Å²) in [5, 5.41) is 13.8. The first-order valence-electron chi connectivity index (χ1n) is 20.3. The van der Waals surface area contributed by atoms with E-state index >= 15 is 0 Å². The van der Waals surface area contributed by atoms with Crippen LogP contribution in [0.3, 0.4) is 0 Å². The van der Waals surface area contributed by atoms with Gasteiger partial charge in [-0.15, -0.1) is 0 Å². The molecule has 2 aliphatic rings. The zero-order valence-electron chi connectivity index (χ0n) is 34.1. The highest BCUT2D eigenvalue weighted by Gasteiger charge is 2.21. The van der Waals surface area contributed by atoms with Gasteiger partial charge >= 0.3 is 0 Å². The minimum atomic E-state index is 0.248. The van der Waals surface area contributed by atoms with E-state index in [4.69, 9.17) is 47.9 Å². The lowest BCUT2D eigenvalue weighted by Crippen LogP contribution is -2.17. The maximum Gasteiger partial charge on any atom is 0.142 e. The molecule has 3 N–H and O–H groups in total. The van der Waals surface area contributed by atoms with E-state index in [2.05, 4.69) is 64.5 Å². The number of nitriles is 1. The van der Waals surface area contributed by atoms with Crippen molar-refractivity contribution in [3.63, 3.8) is 0 Å². The lowest BCUT2D eigenvalue weighted by molar-refractivity contribution is 0.287. The van der Waals surface area contributed by atoms with Gasteiger partial charge in [0.25, 0.3) is 0 Å². The van der Waals surface area contributed by atoms with E-state index in [1.54, 1.807) is 24.5 Å². The largest absolute Gasteiger partial charge is 0.488 e. The zero-order valence-corrected chi connectivity index (χ0v) is 35.7. The van der Waals surface area contributed by atoms with Crippen molar-refractivity contribution in [3.05, 3.63) is 163 Å². The molecule has 3 heterocycles. The number of hydrogen-bond donors (Lipinski definition) is 2. The molecule has 0 atom stereocenters. The minimum absolute atomic E-state index is 0.248. The molecule has 1 aliphatic carbocycles. The first kappa shape index (κ1) is 41.8. The van der Waals surface area contributed by atoms with Gasteiger partial charge in [-0.3, -0.25) is 15.0 Å². The second-order valence-electron chi connectivity index (χ2n) is 15.4. The lowest BCUT2D eigenvalue weighted by Gasteiger charge is -2.19. The highest BCUT2D eigenvalue weighted by molar-refractivity contribution is 6.32. The van der Waals surface area contributed by atoms with Crippen molar-refractivity contribution in [1.82, 2.24) is 15.3 Å². The number of nitrogens with zero attached hydrogens (tertiary/aromatic N) is 4. The zero-order chi connectivity index (χ0) is 42.3. The van der Waals surface area contributed by atoms with Crippen LogP contribution in [-0.4, -0.2) is 28.8 Å². The summed E-state index contributed by atoms with van der Waals surface area (Å²) in [4.78, 5) is 12.8. The van der Waals surface area contributed by atoms with Gasteiger partial charge in [0, 0.05) is 77.8 Å². The third kappa shape index (κ3) is 10.5. The molecule has 4 aromatic carbocycles. The number of ether oxygens (including phenoxy) is 4. The fourth-order valence-electron chi connectivity index (χ4n) is 7.14. The van der Waals surface area contributed by atoms with Gasteiger partial charge in [-0.25, -0.2) is 0 Å². The first-order valence-corrected chi connectivity index (χ1v) is 21.1. The number of halogens is 2. The van der Waals surface area contributed by atoms with Crippen LogP contribution in [0.5, 0.6) is 23.0 Å². The molecule has 0 bridgehead atoms. The molecule has 0 saturated heterocycles. The van der Waals surface area contributed by atoms with Crippen LogP contribution in [0.2, 0.25) is 10.0 Å². The molecular weight excluding hydrogens is 807 g/mol. The van der Waals surface area contributed by atoms with E-state index < -0.39 is 0 Å². The van der Waals surface area contributed by atoms with Crippen molar-refractivity contribution in [2.24, 2.45) is 16.6 Å². The normalized spacial score (nSPS) is 13.0. The molecule has 0 radical (unpaired) electrons. The monoisotopic (exact) mass is 852 g/mol. The van der Waals surface area contributed by atoms with Gasteiger partial charge in [0.05, 0.1) is 27.9 Å². The van der Waals surface area contributed by atoms with Gasteiger partial charge in [-0.05, 0) is 96.8 Å². The third-order valence-electron chi connectivity index (χ3n) is 11.0. The fraction of sp³-hybridized carbons (Fsp3) is 0.265. The summed E-state index contributed by atoms with van der Waals surface area (Å²) in [6, 6.07) is 25.8. The summed E-state index contributed by atoms with van der Waals surface area (Å²) in [6.45, 7) is 7.96. The maximum atomic E-state index is 9.34. The van der Waals surface area contributed by atoms with Crippen molar-refractivity contribution in [3.8, 4) is 40.2 Å². The Kier molecular flexibility index (Phi) is 13.1. The van der Waals surface area contributed by atoms with Crippen LogP contribution in [0.4, 0.5) is 0 Å². The number of nitrogens with one attached hydrogen (secondary N) is 1. The summed E-state index contributed by atoms with van der Waals surface area (Å²) in [6.07, 6.45) is 9.36. The number of pyridine rings is 2. The van der Waals surface area contributed by atoms with Gasteiger partial charge in [0.2, 0.25) is 0 Å². The van der Waals surface area contributed by atoms with Crippen LogP contribution in [0.1, 0.15) is 68.5 Å². The number of rotatable bonds is 19. The van der Waals surface area contributed by atoms with Gasteiger partial charge in [-0.2, -0.15) is 5.26 Å². The molecule has 8 rings (SSSR count). The molecule has 12 heteroatoms. The average Bonchev–Trinajstić information content (AvgIpc) is 4.22. The number of hydrogen-bond acceptors (Lipinski definition) is 10. The molecule has 10 nitrogen and oxygen atoms in total. The van der Waals surface area contributed by atoms with E-state index in [9.17, 15) is 5.26 Å². The SMILES string of the molecule is Cc1c(COc2cc(OCc3cncc(C4=NC4)c3)c(CN)cc2Cl)cccc1-c1cccc(COc2cc(OCc3cncc(C#N)c3)c(CNCC3CC3)cc2Cl)c1C. The van der Waals surface area contributed by atoms with Crippen molar-refractivity contribution in [2.75, 3.05) is 13.1 Å². The second kappa shape index (κ2) is 19.2. The predicted octanol–water partition coefficient (Wildman–Crippen LogP) is 10.0. The Bertz CT molecular complexity index is 2640. The van der Waals surface area contributed by atoms with Gasteiger partial charge in [0.15, 0.2) is 0 Å². The Morgan fingerprint density at radius 1 is 0.689 bits per heavy atom. The quantitative estimate of drug-likeness (QED) is 0.0816. The molecule has 0 spiro atoms. The van der Waals surface area contributed by atoms with E-state index in [0.29, 0.717) is 65.0 Å². The highest BCUT2D eigenvalue weighted by atomic mass is 35.5. The molecule has 1 aliphatic heterocycles. The highest BCUT2D eigenvalue weighted by Crippen LogP contribution is 2.37. The molecule has 6 aromatic rings. The van der Waals surface area contributed by atoms with Gasteiger partial charge in [0.1, 0.15) is 55.5 Å². The lowest BCUT2D eigenvalue weighted by atomic mass is 9.92. The Balaban J connectivity index is 0.958. The van der Waals surface area contributed by atoms with E-state index in [-0.39, 0.29) is 13.2 Å². The van der Waals surface area contributed by atoms with Crippen LogP contribution >= 0.6 is 23.2 Å². The van der Waals surface area contributed by atoms with Crippen molar-refractivity contribution in [1.29, 1.82) is 5.26 Å². The molecule has 1 saturated carbocycles. The molecular formula is C49H46Cl2N6O4. The molecule has 0 unspecified atom stereocenters. The first-order chi connectivity index (χ1) is 29.8. The smallest absolute Gasteiger partial charge is 0.142 e. The summed E-state index contributed by atoms with van der Waals surface area (Å²) < 4.78 is 25.3. The van der Waals surface area contributed by atoms with E-state index in [1.165, 1.54) is 19.0 Å². The Hall–Kier alpha value is -5.96. The predicted molar refractivity (Wildman–Crippen MR) is 238 cm³/mol. The minimum Gasteiger partial charge on any atom is -0.488 e. The van der Waals surface area contributed by atoms with Crippen LogP contribution in [0.25, 0.3) is 11.1 Å². The number of aliphatic imine (C=N–C) groups is 1. The molecule has 1 fully saturated rings. The molecule has 61 heavy (non-hydrogen) atoms. The second-order valence-corrected chi connectivity index (χ2v) is 16.2. The van der Waals surface area contributed by atoms with Crippen LogP contribution in [0.15, 0.2) is 103 Å². The summed E-state index contributed by atoms with van der Waals surface area (Å²) in [5.74, 6) is 3.03. The average molecular weight is 854 g/mol. The summed E-state index contributed by atoms with van der Waals surface area (Å²) in [5.41, 5.74) is 18.5. The Labute approximate surface area is 366 Å². The summed E-state index contributed by atoms with van der Waals surface area (Å²) >= 11 is 13.6. The van der Waals surface area contributed by atoms with Crippen molar-refractivity contribution >= 4 is 28.9 Å². The van der Waals surface area contributed by atoms with Crippen LogP contribution in [-0.2, 0) is 39.5 Å². The van der Waals surface area contributed by atoms with Crippen molar-refractivity contribution in [2.45, 2.75) is 66.2 Å².